The van der Waals surface area contributed by atoms with E-state index in [1.165, 1.54) is 12.1 Å². The zero-order valence-corrected chi connectivity index (χ0v) is 14.4. The van der Waals surface area contributed by atoms with Gasteiger partial charge in [0.2, 0.25) is 5.91 Å². The highest BCUT2D eigenvalue weighted by molar-refractivity contribution is 6.30. The van der Waals surface area contributed by atoms with Gasteiger partial charge < -0.3 is 9.88 Å². The minimum Gasteiger partial charge on any atom is -0.352 e. The van der Waals surface area contributed by atoms with Crippen LogP contribution in [0.4, 0.5) is 4.39 Å². The predicted octanol–water partition coefficient (Wildman–Crippen LogP) is 3.83. The molecule has 6 heteroatoms. The molecule has 1 N–H and O–H groups in total. The summed E-state index contributed by atoms with van der Waals surface area (Å²) in [7, 11) is 0. The molecule has 2 aromatic carbocycles. The highest BCUT2D eigenvalue weighted by Gasteiger charge is 2.11. The van der Waals surface area contributed by atoms with Crippen LogP contribution in [0, 0.1) is 12.7 Å². The van der Waals surface area contributed by atoms with Crippen LogP contribution in [0.2, 0.25) is 5.02 Å². The molecule has 25 heavy (non-hydrogen) atoms. The number of rotatable bonds is 5. The van der Waals surface area contributed by atoms with Crippen molar-refractivity contribution in [3.63, 3.8) is 0 Å². The molecule has 3 rings (SSSR count). The van der Waals surface area contributed by atoms with Gasteiger partial charge in [0.25, 0.3) is 0 Å². The van der Waals surface area contributed by atoms with Crippen LogP contribution in [0.25, 0.3) is 5.69 Å². The van der Waals surface area contributed by atoms with Gasteiger partial charge in [0.05, 0.1) is 12.1 Å². The number of amides is 1. The molecule has 3 aromatic rings. The van der Waals surface area contributed by atoms with Crippen LogP contribution < -0.4 is 5.32 Å². The van der Waals surface area contributed by atoms with E-state index < -0.39 is 5.82 Å². The normalized spacial score (nSPS) is 10.7. The Morgan fingerprint density at radius 3 is 2.76 bits per heavy atom. The van der Waals surface area contributed by atoms with Crippen LogP contribution >= 0.6 is 11.6 Å². The molecule has 0 unspecified atom stereocenters. The van der Waals surface area contributed by atoms with E-state index in [-0.39, 0.29) is 12.3 Å². The molecule has 0 saturated carbocycles. The third-order valence-electron chi connectivity index (χ3n) is 3.92. The van der Waals surface area contributed by atoms with Crippen molar-refractivity contribution in [1.82, 2.24) is 14.9 Å². The number of benzene rings is 2. The van der Waals surface area contributed by atoms with Crippen molar-refractivity contribution in [3.05, 3.63) is 82.6 Å². The monoisotopic (exact) mass is 357 g/mol. The Bertz CT molecular complexity index is 907. The van der Waals surface area contributed by atoms with Crippen molar-refractivity contribution in [3.8, 4) is 5.69 Å². The van der Waals surface area contributed by atoms with Gasteiger partial charge in [0.15, 0.2) is 0 Å². The molecule has 0 fully saturated rings. The molecule has 1 aromatic heterocycles. The molecule has 0 radical (unpaired) electrons. The van der Waals surface area contributed by atoms with Crippen molar-refractivity contribution in [2.45, 2.75) is 19.9 Å². The van der Waals surface area contributed by atoms with Crippen LogP contribution in [0.15, 0.2) is 54.9 Å². The molecule has 0 aliphatic carbocycles. The smallest absolute Gasteiger partial charge is 0.224 e. The standard InChI is InChI=1S/C19H17ClFN3O/c1-13-22-8-9-24(13)18-5-3-2-4-15(18)12-23-19(25)10-14-6-7-16(20)11-17(14)21/h2-9,11H,10,12H2,1H3,(H,23,25). The first-order valence-electron chi connectivity index (χ1n) is 7.83. The summed E-state index contributed by atoms with van der Waals surface area (Å²) in [5.74, 6) is 0.137. The number of hydrogen-bond acceptors (Lipinski definition) is 2. The number of halogens is 2. The fourth-order valence-corrected chi connectivity index (χ4v) is 2.78. The fraction of sp³-hybridized carbons (Fsp3) is 0.158. The molecule has 0 saturated heterocycles. The zero-order valence-electron chi connectivity index (χ0n) is 13.7. The van der Waals surface area contributed by atoms with Gasteiger partial charge in [-0.3, -0.25) is 4.79 Å². The molecular weight excluding hydrogens is 341 g/mol. The maximum atomic E-state index is 13.8. The lowest BCUT2D eigenvalue weighted by molar-refractivity contribution is -0.120. The lowest BCUT2D eigenvalue weighted by Crippen LogP contribution is -2.25. The van der Waals surface area contributed by atoms with E-state index in [9.17, 15) is 9.18 Å². The van der Waals surface area contributed by atoms with Crippen molar-refractivity contribution in [2.75, 3.05) is 0 Å². The van der Waals surface area contributed by atoms with Gasteiger partial charge in [-0.2, -0.15) is 0 Å². The molecule has 1 amide bonds. The Balaban J connectivity index is 1.70. The van der Waals surface area contributed by atoms with Gasteiger partial charge in [-0.25, -0.2) is 9.37 Å². The molecule has 1 heterocycles. The quantitative estimate of drug-likeness (QED) is 0.754. The van der Waals surface area contributed by atoms with E-state index in [4.69, 9.17) is 11.6 Å². The molecular formula is C19H17ClFN3O. The number of para-hydroxylation sites is 1. The van der Waals surface area contributed by atoms with Gasteiger partial charge in [-0.15, -0.1) is 0 Å². The summed E-state index contributed by atoms with van der Waals surface area (Å²) < 4.78 is 15.8. The molecule has 128 valence electrons. The SMILES string of the molecule is Cc1nccn1-c1ccccc1CNC(=O)Cc1ccc(Cl)cc1F. The van der Waals surface area contributed by atoms with E-state index in [2.05, 4.69) is 10.3 Å². The Kier molecular flexibility index (Phi) is 5.14. The van der Waals surface area contributed by atoms with E-state index >= 15 is 0 Å². The van der Waals surface area contributed by atoms with Gasteiger partial charge >= 0.3 is 0 Å². The molecule has 0 aliphatic rings. The Hall–Kier alpha value is -2.66. The highest BCUT2D eigenvalue weighted by Crippen LogP contribution is 2.17. The summed E-state index contributed by atoms with van der Waals surface area (Å²) in [6.45, 7) is 2.26. The number of hydrogen-bond donors (Lipinski definition) is 1. The van der Waals surface area contributed by atoms with Gasteiger partial charge in [-0.05, 0) is 36.2 Å². The molecule has 0 atom stereocenters. The van der Waals surface area contributed by atoms with Gasteiger partial charge in [0, 0.05) is 24.0 Å². The van der Waals surface area contributed by atoms with Crippen LogP contribution in [0.3, 0.4) is 0 Å². The van der Waals surface area contributed by atoms with E-state index in [1.54, 1.807) is 12.3 Å². The minimum atomic E-state index is -0.475. The Morgan fingerprint density at radius 2 is 2.04 bits per heavy atom. The number of imidazole rings is 1. The first-order chi connectivity index (χ1) is 12.0. The summed E-state index contributed by atoms with van der Waals surface area (Å²) in [6, 6.07) is 12.1. The highest BCUT2D eigenvalue weighted by atomic mass is 35.5. The Labute approximate surface area is 150 Å². The van der Waals surface area contributed by atoms with Crippen molar-refractivity contribution in [2.24, 2.45) is 0 Å². The van der Waals surface area contributed by atoms with Crippen molar-refractivity contribution >= 4 is 17.5 Å². The average Bonchev–Trinajstić information content (AvgIpc) is 3.02. The fourth-order valence-electron chi connectivity index (χ4n) is 2.62. The topological polar surface area (TPSA) is 46.9 Å². The lowest BCUT2D eigenvalue weighted by Gasteiger charge is -2.13. The second kappa shape index (κ2) is 7.49. The summed E-state index contributed by atoms with van der Waals surface area (Å²) in [5.41, 5.74) is 2.23. The number of aryl methyl sites for hydroxylation is 1. The van der Waals surface area contributed by atoms with Crippen LogP contribution in [0.5, 0.6) is 0 Å². The van der Waals surface area contributed by atoms with Crippen LogP contribution in [-0.4, -0.2) is 15.5 Å². The first kappa shape index (κ1) is 17.2. The third kappa shape index (κ3) is 4.06. The molecule has 0 bridgehead atoms. The summed E-state index contributed by atoms with van der Waals surface area (Å²) in [5, 5.41) is 3.15. The molecule has 4 nitrogen and oxygen atoms in total. The zero-order chi connectivity index (χ0) is 17.8. The molecule has 0 spiro atoms. The number of aromatic nitrogens is 2. The number of nitrogens with one attached hydrogen (secondary N) is 1. The van der Waals surface area contributed by atoms with Crippen molar-refractivity contribution < 1.29 is 9.18 Å². The maximum absolute atomic E-state index is 13.8. The largest absolute Gasteiger partial charge is 0.352 e. The minimum absolute atomic E-state index is 0.0325. The number of carbonyl (C=O) groups excluding carboxylic acids is 1. The predicted molar refractivity (Wildman–Crippen MR) is 95.3 cm³/mol. The summed E-state index contributed by atoms with van der Waals surface area (Å²) in [4.78, 5) is 16.4. The maximum Gasteiger partial charge on any atom is 0.224 e. The Morgan fingerprint density at radius 1 is 1.24 bits per heavy atom. The number of carbonyl (C=O) groups is 1. The van der Waals surface area contributed by atoms with Gasteiger partial charge in [0.1, 0.15) is 11.6 Å². The van der Waals surface area contributed by atoms with E-state index in [1.807, 2.05) is 42.0 Å². The second-order valence-electron chi connectivity index (χ2n) is 5.66. The summed E-state index contributed by atoms with van der Waals surface area (Å²) >= 11 is 5.73. The van der Waals surface area contributed by atoms with Crippen molar-refractivity contribution in [1.29, 1.82) is 0 Å². The first-order valence-corrected chi connectivity index (χ1v) is 8.21. The van der Waals surface area contributed by atoms with E-state index in [0.29, 0.717) is 17.1 Å². The van der Waals surface area contributed by atoms with Crippen LogP contribution in [-0.2, 0) is 17.8 Å². The number of nitrogens with zero attached hydrogens (tertiary/aromatic N) is 2. The second-order valence-corrected chi connectivity index (χ2v) is 6.10. The molecule has 0 aliphatic heterocycles. The average molecular weight is 358 g/mol. The van der Waals surface area contributed by atoms with Crippen LogP contribution in [0.1, 0.15) is 17.0 Å². The van der Waals surface area contributed by atoms with E-state index in [0.717, 1.165) is 17.1 Å². The van der Waals surface area contributed by atoms with Gasteiger partial charge in [-0.1, -0.05) is 35.9 Å². The third-order valence-corrected chi connectivity index (χ3v) is 4.15. The lowest BCUT2D eigenvalue weighted by atomic mass is 10.1. The summed E-state index contributed by atoms with van der Waals surface area (Å²) in [6.07, 6.45) is 3.57.